The van der Waals surface area contributed by atoms with E-state index in [1.807, 2.05) is 0 Å². The number of amides is 1. The molecule has 0 bridgehead atoms. The first-order valence-electron chi connectivity index (χ1n) is 8.02. The van der Waals surface area contributed by atoms with Crippen LogP contribution < -0.4 is 5.32 Å². The van der Waals surface area contributed by atoms with E-state index >= 15 is 0 Å². The Kier molecular flexibility index (Phi) is 5.14. The van der Waals surface area contributed by atoms with Gasteiger partial charge in [0.1, 0.15) is 12.4 Å². The Morgan fingerprint density at radius 1 is 1.24 bits per heavy atom. The Morgan fingerprint density at radius 3 is 2.72 bits per heavy atom. The summed E-state index contributed by atoms with van der Waals surface area (Å²) in [6, 6.07) is 5.55. The van der Waals surface area contributed by atoms with Crippen molar-refractivity contribution >= 4 is 21.6 Å². The van der Waals surface area contributed by atoms with Gasteiger partial charge in [-0.2, -0.15) is 4.31 Å². The Labute approximate surface area is 145 Å². The molecule has 0 saturated carbocycles. The van der Waals surface area contributed by atoms with E-state index < -0.39 is 21.7 Å². The summed E-state index contributed by atoms with van der Waals surface area (Å²) in [5.74, 6) is -0.847. The minimum absolute atomic E-state index is 0.0621. The topological polar surface area (TPSA) is 84.3 Å². The molecule has 134 valence electrons. The number of hydrogen-bond acceptors (Lipinski definition) is 4. The van der Waals surface area contributed by atoms with Crippen molar-refractivity contribution in [1.29, 1.82) is 0 Å². The van der Waals surface area contributed by atoms with Crippen molar-refractivity contribution in [3.63, 3.8) is 0 Å². The van der Waals surface area contributed by atoms with Crippen molar-refractivity contribution in [3.05, 3.63) is 42.6 Å². The highest BCUT2D eigenvalue weighted by Gasteiger charge is 2.28. The summed E-state index contributed by atoms with van der Waals surface area (Å²) < 4.78 is 41.0. The summed E-state index contributed by atoms with van der Waals surface area (Å²) in [5, 5.41) is 2.49. The fraction of sp³-hybridized carbons (Fsp3) is 0.375. The number of aromatic nitrogens is 2. The molecule has 0 radical (unpaired) electrons. The molecule has 1 aliphatic heterocycles. The van der Waals surface area contributed by atoms with Crippen molar-refractivity contribution in [2.75, 3.05) is 18.4 Å². The number of carbonyl (C=O) groups excluding carboxylic acids is 1. The van der Waals surface area contributed by atoms with Gasteiger partial charge in [-0.05, 0) is 31.0 Å². The van der Waals surface area contributed by atoms with Crippen LogP contribution in [0, 0.1) is 5.82 Å². The maximum Gasteiger partial charge on any atom is 0.262 e. The van der Waals surface area contributed by atoms with Crippen LogP contribution in [0.5, 0.6) is 0 Å². The molecular weight excluding hydrogens is 347 g/mol. The van der Waals surface area contributed by atoms with Gasteiger partial charge in [0.25, 0.3) is 10.0 Å². The molecule has 1 aliphatic rings. The fourth-order valence-corrected chi connectivity index (χ4v) is 4.18. The average molecular weight is 366 g/mol. The molecule has 0 atom stereocenters. The van der Waals surface area contributed by atoms with Gasteiger partial charge in [0.2, 0.25) is 5.91 Å². The van der Waals surface area contributed by atoms with Crippen LogP contribution in [-0.4, -0.2) is 41.3 Å². The first kappa shape index (κ1) is 17.6. The van der Waals surface area contributed by atoms with Gasteiger partial charge in [0, 0.05) is 25.0 Å². The van der Waals surface area contributed by atoms with Gasteiger partial charge in [0.15, 0.2) is 5.03 Å². The second-order valence-electron chi connectivity index (χ2n) is 5.91. The van der Waals surface area contributed by atoms with Gasteiger partial charge in [-0.1, -0.05) is 12.5 Å². The van der Waals surface area contributed by atoms with Crippen molar-refractivity contribution in [3.8, 4) is 0 Å². The zero-order valence-corrected chi connectivity index (χ0v) is 14.4. The van der Waals surface area contributed by atoms with Crippen molar-refractivity contribution < 1.29 is 17.6 Å². The Hall–Kier alpha value is -2.26. The van der Waals surface area contributed by atoms with E-state index in [0.29, 0.717) is 18.8 Å². The monoisotopic (exact) mass is 366 g/mol. The van der Waals surface area contributed by atoms with E-state index in [9.17, 15) is 17.6 Å². The lowest BCUT2D eigenvalue weighted by molar-refractivity contribution is -0.116. The summed E-state index contributed by atoms with van der Waals surface area (Å²) in [6.07, 6.45) is 5.36. The summed E-state index contributed by atoms with van der Waals surface area (Å²) in [7, 11) is -3.62. The van der Waals surface area contributed by atoms with Crippen molar-refractivity contribution in [2.24, 2.45) is 0 Å². The average Bonchev–Trinajstić information content (AvgIpc) is 3.05. The molecule has 1 amide bonds. The number of hydrogen-bond donors (Lipinski definition) is 1. The minimum Gasteiger partial charge on any atom is -0.327 e. The number of nitrogens with one attached hydrogen (secondary N) is 1. The predicted molar refractivity (Wildman–Crippen MR) is 89.9 cm³/mol. The second-order valence-corrected chi connectivity index (χ2v) is 7.79. The molecule has 1 aromatic carbocycles. The van der Waals surface area contributed by atoms with E-state index in [1.165, 1.54) is 39.6 Å². The third kappa shape index (κ3) is 4.23. The quantitative estimate of drug-likeness (QED) is 0.875. The first-order valence-corrected chi connectivity index (χ1v) is 9.46. The van der Waals surface area contributed by atoms with E-state index in [0.717, 1.165) is 19.3 Å². The van der Waals surface area contributed by atoms with E-state index in [1.54, 1.807) is 6.07 Å². The standard InChI is InChI=1S/C16H19FN4O3S/c17-13-5-4-6-14(9-13)19-15(22)10-20-11-16(18-12-20)25(23,24)21-7-2-1-3-8-21/h4-6,9,11-12H,1-3,7-8,10H2,(H,19,22). The van der Waals surface area contributed by atoms with E-state index in [2.05, 4.69) is 10.3 Å². The summed E-state index contributed by atoms with van der Waals surface area (Å²) in [6.45, 7) is 0.879. The van der Waals surface area contributed by atoms with Gasteiger partial charge >= 0.3 is 0 Å². The van der Waals surface area contributed by atoms with Crippen molar-refractivity contribution in [1.82, 2.24) is 13.9 Å². The predicted octanol–water partition coefficient (Wildman–Crippen LogP) is 1.84. The molecule has 7 nitrogen and oxygen atoms in total. The Bertz CT molecular complexity index is 860. The number of halogens is 1. The Morgan fingerprint density at radius 2 is 2.00 bits per heavy atom. The van der Waals surface area contributed by atoms with Gasteiger partial charge in [-0.25, -0.2) is 17.8 Å². The highest BCUT2D eigenvalue weighted by Crippen LogP contribution is 2.19. The molecule has 1 N–H and O–H groups in total. The van der Waals surface area contributed by atoms with Gasteiger partial charge in [-0.15, -0.1) is 0 Å². The van der Waals surface area contributed by atoms with Crippen LogP contribution >= 0.6 is 0 Å². The number of anilines is 1. The molecule has 25 heavy (non-hydrogen) atoms. The van der Waals surface area contributed by atoms with Crippen LogP contribution in [-0.2, 0) is 21.4 Å². The summed E-state index contributed by atoms with van der Waals surface area (Å²) in [4.78, 5) is 15.9. The fourth-order valence-electron chi connectivity index (χ4n) is 2.73. The molecule has 0 unspecified atom stereocenters. The summed E-state index contributed by atoms with van der Waals surface area (Å²) in [5.41, 5.74) is 0.339. The molecule has 1 fully saturated rings. The lowest BCUT2D eigenvalue weighted by Crippen LogP contribution is -2.35. The maximum absolute atomic E-state index is 13.1. The smallest absolute Gasteiger partial charge is 0.262 e. The van der Waals surface area contributed by atoms with Crippen LogP contribution in [0.2, 0.25) is 0 Å². The third-order valence-corrected chi connectivity index (χ3v) is 5.75. The Balaban J connectivity index is 1.66. The molecule has 2 heterocycles. The van der Waals surface area contributed by atoms with Gasteiger partial charge in [-0.3, -0.25) is 4.79 Å². The molecule has 1 saturated heterocycles. The van der Waals surface area contributed by atoms with Gasteiger partial charge < -0.3 is 9.88 Å². The summed E-state index contributed by atoms with van der Waals surface area (Å²) >= 11 is 0. The molecule has 2 aromatic rings. The normalized spacial score (nSPS) is 15.9. The van der Waals surface area contributed by atoms with Crippen LogP contribution in [0.25, 0.3) is 0 Å². The van der Waals surface area contributed by atoms with Crippen LogP contribution in [0.4, 0.5) is 10.1 Å². The lowest BCUT2D eigenvalue weighted by atomic mass is 10.2. The van der Waals surface area contributed by atoms with Crippen molar-refractivity contribution in [2.45, 2.75) is 30.8 Å². The number of piperidine rings is 1. The lowest BCUT2D eigenvalue weighted by Gasteiger charge is -2.24. The minimum atomic E-state index is -3.62. The first-order chi connectivity index (χ1) is 11.9. The highest BCUT2D eigenvalue weighted by molar-refractivity contribution is 7.89. The second kappa shape index (κ2) is 7.32. The number of carbonyl (C=O) groups is 1. The number of benzene rings is 1. The molecular formula is C16H19FN4O3S. The number of imidazole rings is 1. The zero-order chi connectivity index (χ0) is 17.9. The molecule has 0 aliphatic carbocycles. The molecule has 0 spiro atoms. The SMILES string of the molecule is O=C(Cn1cnc(S(=O)(=O)N2CCCCC2)c1)Nc1cccc(F)c1. The van der Waals surface area contributed by atoms with E-state index in [-0.39, 0.29) is 11.6 Å². The molecule has 9 heteroatoms. The number of rotatable bonds is 5. The number of nitrogens with zero attached hydrogens (tertiary/aromatic N) is 3. The maximum atomic E-state index is 13.1. The third-order valence-electron chi connectivity index (χ3n) is 3.96. The molecule has 3 rings (SSSR count). The zero-order valence-electron chi connectivity index (χ0n) is 13.6. The van der Waals surface area contributed by atoms with Crippen LogP contribution in [0.1, 0.15) is 19.3 Å². The van der Waals surface area contributed by atoms with E-state index in [4.69, 9.17) is 0 Å². The number of sulfonamides is 1. The van der Waals surface area contributed by atoms with Gasteiger partial charge in [0.05, 0.1) is 6.33 Å². The highest BCUT2D eigenvalue weighted by atomic mass is 32.2. The van der Waals surface area contributed by atoms with Crippen LogP contribution in [0.15, 0.2) is 41.8 Å². The van der Waals surface area contributed by atoms with Crippen LogP contribution in [0.3, 0.4) is 0 Å². The largest absolute Gasteiger partial charge is 0.327 e. The molecule has 1 aromatic heterocycles.